The number of thiophene rings is 1. The van der Waals surface area contributed by atoms with Crippen molar-refractivity contribution in [3.8, 4) is 10.6 Å². The highest BCUT2D eigenvalue weighted by Crippen LogP contribution is 2.34. The SMILES string of the molecule is c1csc(-c2cc3ccccc3c3cc4ccccc4n23)c1. The first-order chi connectivity index (χ1) is 10.9. The van der Waals surface area contributed by atoms with Gasteiger partial charge in [-0.3, -0.25) is 0 Å². The molecule has 0 N–H and O–H groups in total. The monoisotopic (exact) mass is 299 g/mol. The van der Waals surface area contributed by atoms with Crippen molar-refractivity contribution in [2.75, 3.05) is 0 Å². The van der Waals surface area contributed by atoms with Crippen molar-refractivity contribution in [3.05, 3.63) is 78.2 Å². The van der Waals surface area contributed by atoms with Crippen LogP contribution in [0.5, 0.6) is 0 Å². The number of para-hydroxylation sites is 1. The van der Waals surface area contributed by atoms with Gasteiger partial charge in [-0.1, -0.05) is 48.5 Å². The van der Waals surface area contributed by atoms with E-state index < -0.39 is 0 Å². The molecule has 0 spiro atoms. The first-order valence-electron chi connectivity index (χ1n) is 7.38. The maximum absolute atomic E-state index is 2.39. The van der Waals surface area contributed by atoms with Crippen LogP contribution in [0.15, 0.2) is 78.2 Å². The Balaban J connectivity index is 2.09. The number of hydrogen-bond donors (Lipinski definition) is 0. The van der Waals surface area contributed by atoms with Gasteiger partial charge in [0.15, 0.2) is 0 Å². The van der Waals surface area contributed by atoms with Crippen molar-refractivity contribution >= 4 is 38.5 Å². The number of rotatable bonds is 1. The van der Waals surface area contributed by atoms with Crippen molar-refractivity contribution in [2.45, 2.75) is 0 Å². The van der Waals surface area contributed by atoms with E-state index in [0.29, 0.717) is 0 Å². The fraction of sp³-hybridized carbons (Fsp3) is 0. The van der Waals surface area contributed by atoms with Crippen molar-refractivity contribution in [1.29, 1.82) is 0 Å². The van der Waals surface area contributed by atoms with E-state index in [1.807, 2.05) is 0 Å². The average molecular weight is 299 g/mol. The molecule has 0 saturated carbocycles. The van der Waals surface area contributed by atoms with Crippen LogP contribution in [0.1, 0.15) is 0 Å². The molecule has 0 fully saturated rings. The Labute approximate surface area is 132 Å². The Hall–Kier alpha value is -2.58. The Bertz CT molecular complexity index is 1120. The highest BCUT2D eigenvalue weighted by molar-refractivity contribution is 7.13. The normalized spacial score (nSPS) is 11.6. The number of benzene rings is 2. The summed E-state index contributed by atoms with van der Waals surface area (Å²) in [6.07, 6.45) is 0. The van der Waals surface area contributed by atoms with E-state index in [0.717, 1.165) is 0 Å². The van der Waals surface area contributed by atoms with Gasteiger partial charge in [0.1, 0.15) is 0 Å². The molecule has 2 heteroatoms. The first kappa shape index (κ1) is 12.0. The molecule has 0 saturated heterocycles. The molecule has 0 aliphatic heterocycles. The molecule has 0 bridgehead atoms. The second-order valence-corrected chi connectivity index (χ2v) is 6.47. The standard InChI is InChI=1S/C20H13NS/c1-3-8-16-14(6-1)12-19(20-10-5-11-22-20)21-17-9-4-2-7-15(17)13-18(16)21/h1-13H. The third kappa shape index (κ3) is 1.59. The van der Waals surface area contributed by atoms with Crippen LogP contribution in [0.25, 0.3) is 37.8 Å². The van der Waals surface area contributed by atoms with E-state index in [-0.39, 0.29) is 0 Å². The van der Waals surface area contributed by atoms with E-state index in [1.54, 1.807) is 11.3 Å². The molecule has 0 radical (unpaired) electrons. The predicted molar refractivity (Wildman–Crippen MR) is 95.7 cm³/mol. The molecule has 0 aliphatic rings. The largest absolute Gasteiger partial charge is 0.308 e. The van der Waals surface area contributed by atoms with Crippen molar-refractivity contribution in [2.24, 2.45) is 0 Å². The van der Waals surface area contributed by atoms with Crippen LogP contribution < -0.4 is 0 Å². The molecule has 0 aliphatic carbocycles. The van der Waals surface area contributed by atoms with Gasteiger partial charge in [-0.05, 0) is 35.0 Å². The van der Waals surface area contributed by atoms with E-state index in [4.69, 9.17) is 0 Å². The summed E-state index contributed by atoms with van der Waals surface area (Å²) in [6, 6.07) is 26.2. The van der Waals surface area contributed by atoms with Crippen LogP contribution in [0, 0.1) is 0 Å². The quantitative estimate of drug-likeness (QED) is 0.359. The topological polar surface area (TPSA) is 4.41 Å². The third-order valence-electron chi connectivity index (χ3n) is 4.25. The molecule has 22 heavy (non-hydrogen) atoms. The third-order valence-corrected chi connectivity index (χ3v) is 5.15. The highest BCUT2D eigenvalue weighted by Gasteiger charge is 2.12. The minimum absolute atomic E-state index is 1.27. The van der Waals surface area contributed by atoms with E-state index >= 15 is 0 Å². The fourth-order valence-electron chi connectivity index (χ4n) is 3.29. The Kier molecular flexibility index (Phi) is 2.43. The lowest BCUT2D eigenvalue weighted by molar-refractivity contribution is 1.28. The Morgan fingerprint density at radius 2 is 1.50 bits per heavy atom. The van der Waals surface area contributed by atoms with Gasteiger partial charge >= 0.3 is 0 Å². The first-order valence-corrected chi connectivity index (χ1v) is 8.26. The summed E-state index contributed by atoms with van der Waals surface area (Å²) in [5, 5.41) is 6.03. The molecule has 3 aromatic heterocycles. The van der Waals surface area contributed by atoms with Crippen LogP contribution in [0.2, 0.25) is 0 Å². The van der Waals surface area contributed by atoms with Crippen LogP contribution in [0.4, 0.5) is 0 Å². The van der Waals surface area contributed by atoms with E-state index in [2.05, 4.69) is 82.6 Å². The summed E-state index contributed by atoms with van der Waals surface area (Å²) in [7, 11) is 0. The highest BCUT2D eigenvalue weighted by atomic mass is 32.1. The Morgan fingerprint density at radius 3 is 2.36 bits per heavy atom. The van der Waals surface area contributed by atoms with Crippen LogP contribution in [-0.4, -0.2) is 4.40 Å². The van der Waals surface area contributed by atoms with E-state index in [9.17, 15) is 0 Å². The summed E-state index contributed by atoms with van der Waals surface area (Å²) in [5.74, 6) is 0. The molecule has 104 valence electrons. The van der Waals surface area contributed by atoms with Crippen LogP contribution in [0.3, 0.4) is 0 Å². The number of pyridine rings is 1. The summed E-state index contributed by atoms with van der Waals surface area (Å²) in [5.41, 5.74) is 3.82. The second kappa shape index (κ2) is 4.46. The molecule has 0 unspecified atom stereocenters. The van der Waals surface area contributed by atoms with E-state index in [1.165, 1.54) is 37.8 Å². The Morgan fingerprint density at radius 1 is 0.682 bits per heavy atom. The summed E-state index contributed by atoms with van der Waals surface area (Å²) >= 11 is 1.79. The second-order valence-electron chi connectivity index (χ2n) is 5.52. The van der Waals surface area contributed by atoms with Crippen molar-refractivity contribution < 1.29 is 0 Å². The molecule has 0 atom stereocenters. The zero-order chi connectivity index (χ0) is 14.5. The van der Waals surface area contributed by atoms with Crippen LogP contribution in [-0.2, 0) is 0 Å². The molecule has 5 aromatic rings. The minimum Gasteiger partial charge on any atom is -0.308 e. The lowest BCUT2D eigenvalue weighted by Gasteiger charge is -2.09. The van der Waals surface area contributed by atoms with Gasteiger partial charge in [0.25, 0.3) is 0 Å². The lowest BCUT2D eigenvalue weighted by atomic mass is 10.1. The predicted octanol–water partition coefficient (Wildman–Crippen LogP) is 5.97. The van der Waals surface area contributed by atoms with Crippen LogP contribution >= 0.6 is 11.3 Å². The van der Waals surface area contributed by atoms with Gasteiger partial charge in [0, 0.05) is 10.8 Å². The van der Waals surface area contributed by atoms with Gasteiger partial charge in [-0.25, -0.2) is 0 Å². The van der Waals surface area contributed by atoms with Gasteiger partial charge < -0.3 is 4.40 Å². The summed E-state index contributed by atoms with van der Waals surface area (Å²) < 4.78 is 2.39. The molecule has 0 amide bonds. The molecule has 2 aromatic carbocycles. The minimum atomic E-state index is 1.27. The van der Waals surface area contributed by atoms with Gasteiger partial charge in [0.05, 0.1) is 21.6 Å². The maximum Gasteiger partial charge on any atom is 0.0640 e. The number of nitrogens with zero attached hydrogens (tertiary/aromatic N) is 1. The van der Waals surface area contributed by atoms with Gasteiger partial charge in [0.2, 0.25) is 0 Å². The molecule has 3 heterocycles. The molecular formula is C20H13NS. The summed E-state index contributed by atoms with van der Waals surface area (Å²) in [6.45, 7) is 0. The molecular weight excluding hydrogens is 286 g/mol. The number of fused-ring (bicyclic) bond motifs is 5. The number of aromatic nitrogens is 1. The average Bonchev–Trinajstić information content (AvgIpc) is 3.22. The molecule has 5 rings (SSSR count). The van der Waals surface area contributed by atoms with Crippen molar-refractivity contribution in [3.63, 3.8) is 0 Å². The van der Waals surface area contributed by atoms with Gasteiger partial charge in [-0.15, -0.1) is 11.3 Å². The zero-order valence-corrected chi connectivity index (χ0v) is 12.7. The zero-order valence-electron chi connectivity index (χ0n) is 11.9. The summed E-state index contributed by atoms with van der Waals surface area (Å²) in [4.78, 5) is 1.30. The van der Waals surface area contributed by atoms with Gasteiger partial charge in [-0.2, -0.15) is 0 Å². The molecule has 1 nitrogen and oxygen atoms in total. The lowest BCUT2D eigenvalue weighted by Crippen LogP contribution is -1.91. The fourth-order valence-corrected chi connectivity index (χ4v) is 4.02. The van der Waals surface area contributed by atoms with Crippen molar-refractivity contribution in [1.82, 2.24) is 4.40 Å². The smallest absolute Gasteiger partial charge is 0.0640 e. The number of hydrogen-bond acceptors (Lipinski definition) is 1. The maximum atomic E-state index is 2.39.